The molecule has 0 aromatic carbocycles. The normalized spacial score (nSPS) is 9.71. The fourth-order valence-corrected chi connectivity index (χ4v) is 1.03. The molecular formula is C11H15NO2. The van der Waals surface area contributed by atoms with Crippen LogP contribution in [0.4, 0.5) is 0 Å². The zero-order chi connectivity index (χ0) is 10.1. The highest BCUT2D eigenvalue weighted by atomic mass is 16.5. The van der Waals surface area contributed by atoms with Gasteiger partial charge in [-0.2, -0.15) is 0 Å². The van der Waals surface area contributed by atoms with Crippen LogP contribution in [-0.4, -0.2) is 24.8 Å². The summed E-state index contributed by atoms with van der Waals surface area (Å²) in [5.74, 6) is 0. The van der Waals surface area contributed by atoms with E-state index in [1.807, 2.05) is 12.1 Å². The third-order valence-corrected chi connectivity index (χ3v) is 1.75. The Hall–Kier alpha value is -1.35. The van der Waals surface area contributed by atoms with Crippen molar-refractivity contribution in [1.82, 2.24) is 4.98 Å². The number of hydrogen-bond acceptors (Lipinski definition) is 3. The molecule has 0 N–H and O–H groups in total. The maximum atomic E-state index is 5.35. The summed E-state index contributed by atoms with van der Waals surface area (Å²) in [7, 11) is 0. The second kappa shape index (κ2) is 7.09. The number of rotatable bonds is 7. The molecule has 0 aliphatic heterocycles. The van der Waals surface area contributed by atoms with Gasteiger partial charge >= 0.3 is 0 Å². The van der Waals surface area contributed by atoms with Gasteiger partial charge < -0.3 is 9.47 Å². The Morgan fingerprint density at radius 2 is 2.00 bits per heavy atom. The number of ether oxygens (including phenoxy) is 2. The van der Waals surface area contributed by atoms with Crippen molar-refractivity contribution in [2.45, 2.75) is 6.42 Å². The van der Waals surface area contributed by atoms with Gasteiger partial charge in [-0.1, -0.05) is 6.58 Å². The van der Waals surface area contributed by atoms with Crippen LogP contribution in [0.3, 0.4) is 0 Å². The van der Waals surface area contributed by atoms with Crippen LogP contribution in [0.5, 0.6) is 0 Å². The van der Waals surface area contributed by atoms with E-state index >= 15 is 0 Å². The molecule has 3 heteroatoms. The van der Waals surface area contributed by atoms with Crippen LogP contribution in [0.2, 0.25) is 0 Å². The lowest BCUT2D eigenvalue weighted by Crippen LogP contribution is -2.04. The van der Waals surface area contributed by atoms with Crippen LogP contribution in [0.15, 0.2) is 37.4 Å². The van der Waals surface area contributed by atoms with Gasteiger partial charge in [0.25, 0.3) is 0 Å². The fraction of sp³-hybridized carbons (Fsp3) is 0.364. The summed E-state index contributed by atoms with van der Waals surface area (Å²) in [6, 6.07) is 3.98. The van der Waals surface area contributed by atoms with Crippen LogP contribution >= 0.6 is 0 Å². The van der Waals surface area contributed by atoms with Crippen molar-refractivity contribution in [3.05, 3.63) is 42.9 Å². The highest BCUT2D eigenvalue weighted by Crippen LogP contribution is 1.97. The van der Waals surface area contributed by atoms with Crippen molar-refractivity contribution in [1.29, 1.82) is 0 Å². The van der Waals surface area contributed by atoms with Gasteiger partial charge in [0, 0.05) is 12.4 Å². The van der Waals surface area contributed by atoms with Crippen LogP contribution in [-0.2, 0) is 15.9 Å². The second-order valence-electron chi connectivity index (χ2n) is 2.76. The van der Waals surface area contributed by atoms with E-state index in [9.17, 15) is 0 Å². The molecule has 1 rings (SSSR count). The van der Waals surface area contributed by atoms with Gasteiger partial charge in [0.15, 0.2) is 0 Å². The minimum atomic E-state index is 0.569. The standard InChI is InChI=1S/C11H15NO2/c1-2-13-9-10-14-8-5-11-3-6-12-7-4-11/h2-4,6-7H,1,5,8-10H2. The van der Waals surface area contributed by atoms with E-state index in [1.54, 1.807) is 12.4 Å². The van der Waals surface area contributed by atoms with E-state index in [-0.39, 0.29) is 0 Å². The van der Waals surface area contributed by atoms with Gasteiger partial charge in [-0.3, -0.25) is 4.98 Å². The van der Waals surface area contributed by atoms with Gasteiger partial charge in [0.1, 0.15) is 6.61 Å². The average molecular weight is 193 g/mol. The van der Waals surface area contributed by atoms with Crippen molar-refractivity contribution in [2.75, 3.05) is 19.8 Å². The Labute approximate surface area is 84.4 Å². The number of nitrogens with zero attached hydrogens (tertiary/aromatic N) is 1. The highest BCUT2D eigenvalue weighted by molar-refractivity contribution is 5.09. The Morgan fingerprint density at radius 1 is 1.21 bits per heavy atom. The molecule has 0 atom stereocenters. The first-order chi connectivity index (χ1) is 6.93. The molecule has 0 spiro atoms. The zero-order valence-corrected chi connectivity index (χ0v) is 8.19. The molecule has 0 aliphatic carbocycles. The molecule has 0 saturated heterocycles. The molecule has 14 heavy (non-hydrogen) atoms. The zero-order valence-electron chi connectivity index (χ0n) is 8.19. The lowest BCUT2D eigenvalue weighted by atomic mass is 10.2. The first-order valence-electron chi connectivity index (χ1n) is 4.62. The van der Waals surface area contributed by atoms with Gasteiger partial charge in [-0.15, -0.1) is 0 Å². The minimum absolute atomic E-state index is 0.569. The molecule has 0 aliphatic rings. The van der Waals surface area contributed by atoms with Crippen LogP contribution < -0.4 is 0 Å². The second-order valence-corrected chi connectivity index (χ2v) is 2.76. The average Bonchev–Trinajstić information content (AvgIpc) is 2.25. The molecule has 0 unspecified atom stereocenters. The maximum Gasteiger partial charge on any atom is 0.111 e. The summed E-state index contributed by atoms with van der Waals surface area (Å²) in [5, 5.41) is 0. The maximum absolute atomic E-state index is 5.35. The van der Waals surface area contributed by atoms with E-state index < -0.39 is 0 Å². The Morgan fingerprint density at radius 3 is 2.71 bits per heavy atom. The monoisotopic (exact) mass is 193 g/mol. The molecule has 1 heterocycles. The first-order valence-corrected chi connectivity index (χ1v) is 4.62. The van der Waals surface area contributed by atoms with Gasteiger partial charge in [0.2, 0.25) is 0 Å². The number of aromatic nitrogens is 1. The Balaban J connectivity index is 2.02. The fourth-order valence-electron chi connectivity index (χ4n) is 1.03. The quantitative estimate of drug-likeness (QED) is 0.489. The van der Waals surface area contributed by atoms with Crippen molar-refractivity contribution in [2.24, 2.45) is 0 Å². The molecule has 0 saturated carbocycles. The van der Waals surface area contributed by atoms with Crippen LogP contribution in [0.1, 0.15) is 5.56 Å². The minimum Gasteiger partial charge on any atom is -0.499 e. The molecule has 3 nitrogen and oxygen atoms in total. The van der Waals surface area contributed by atoms with E-state index in [4.69, 9.17) is 9.47 Å². The van der Waals surface area contributed by atoms with E-state index in [0.717, 1.165) is 6.42 Å². The summed E-state index contributed by atoms with van der Waals surface area (Å²) >= 11 is 0. The van der Waals surface area contributed by atoms with Crippen molar-refractivity contribution in [3.63, 3.8) is 0 Å². The summed E-state index contributed by atoms with van der Waals surface area (Å²) in [5.41, 5.74) is 1.24. The van der Waals surface area contributed by atoms with Gasteiger partial charge in [-0.05, 0) is 24.1 Å². The van der Waals surface area contributed by atoms with Crippen LogP contribution in [0.25, 0.3) is 0 Å². The number of pyridine rings is 1. The molecule has 1 aromatic rings. The molecule has 0 fully saturated rings. The predicted octanol–water partition coefficient (Wildman–Crippen LogP) is 1.80. The molecule has 0 bridgehead atoms. The summed E-state index contributed by atoms with van der Waals surface area (Å²) in [6.45, 7) is 5.33. The summed E-state index contributed by atoms with van der Waals surface area (Å²) in [4.78, 5) is 3.94. The lowest BCUT2D eigenvalue weighted by Gasteiger charge is -2.03. The topological polar surface area (TPSA) is 31.4 Å². The first kappa shape index (κ1) is 10.7. The summed E-state index contributed by atoms with van der Waals surface area (Å²) in [6.07, 6.45) is 5.91. The Bertz CT molecular complexity index is 249. The third-order valence-electron chi connectivity index (χ3n) is 1.75. The van der Waals surface area contributed by atoms with E-state index in [1.165, 1.54) is 11.8 Å². The molecule has 76 valence electrons. The predicted molar refractivity (Wildman–Crippen MR) is 54.9 cm³/mol. The lowest BCUT2D eigenvalue weighted by molar-refractivity contribution is 0.0870. The molecule has 1 aromatic heterocycles. The van der Waals surface area contributed by atoms with Crippen molar-refractivity contribution in [3.8, 4) is 0 Å². The number of hydrogen-bond donors (Lipinski definition) is 0. The molecule has 0 radical (unpaired) electrons. The summed E-state index contributed by atoms with van der Waals surface area (Å²) < 4.78 is 10.3. The van der Waals surface area contributed by atoms with E-state index in [0.29, 0.717) is 19.8 Å². The Kier molecular flexibility index (Phi) is 5.43. The van der Waals surface area contributed by atoms with Gasteiger partial charge in [-0.25, -0.2) is 0 Å². The van der Waals surface area contributed by atoms with Crippen molar-refractivity contribution >= 4 is 0 Å². The van der Waals surface area contributed by atoms with Crippen molar-refractivity contribution < 1.29 is 9.47 Å². The van der Waals surface area contributed by atoms with Gasteiger partial charge in [0.05, 0.1) is 19.5 Å². The largest absolute Gasteiger partial charge is 0.499 e. The molecule has 0 amide bonds. The van der Waals surface area contributed by atoms with E-state index in [2.05, 4.69) is 11.6 Å². The molecular weight excluding hydrogens is 178 g/mol. The third kappa shape index (κ3) is 4.62. The smallest absolute Gasteiger partial charge is 0.111 e. The highest BCUT2D eigenvalue weighted by Gasteiger charge is 1.91. The van der Waals surface area contributed by atoms with Crippen LogP contribution in [0, 0.1) is 0 Å². The SMILES string of the molecule is C=COCCOCCc1ccncc1.